The molecule has 0 N–H and O–H groups in total. The van der Waals surface area contributed by atoms with E-state index in [0.717, 1.165) is 32.1 Å². The van der Waals surface area contributed by atoms with E-state index in [2.05, 4.69) is 15.9 Å². The molecule has 0 nitrogen and oxygen atoms in total. The van der Waals surface area contributed by atoms with Crippen LogP contribution < -0.4 is 0 Å². The van der Waals surface area contributed by atoms with Crippen LogP contribution in [0.1, 0.15) is 18.1 Å². The van der Waals surface area contributed by atoms with Gasteiger partial charge >= 0.3 is 0 Å². The van der Waals surface area contributed by atoms with Crippen molar-refractivity contribution in [3.63, 3.8) is 0 Å². The number of halogens is 3. The Bertz CT molecular complexity index is 308. The van der Waals surface area contributed by atoms with Crippen molar-refractivity contribution in [1.29, 1.82) is 0 Å². The first-order valence-electron chi connectivity index (χ1n) is 3.70. The Labute approximate surface area is 91.0 Å². The molecule has 12 heavy (non-hydrogen) atoms. The Morgan fingerprint density at radius 3 is 2.50 bits per heavy atom. The highest BCUT2D eigenvalue weighted by molar-refractivity contribution is 9.10. The molecule has 66 valence electrons. The van der Waals surface area contributed by atoms with Gasteiger partial charge in [-0.1, -0.05) is 46.1 Å². The molecule has 0 amide bonds. The Kier molecular flexibility index (Phi) is 3.45. The molecule has 0 unspecified atom stereocenters. The largest absolute Gasteiger partial charge is 0.0839 e. The Morgan fingerprint density at radius 2 is 2.00 bits per heavy atom. The monoisotopic (exact) mass is 266 g/mol. The molecule has 0 aliphatic rings. The molecule has 0 aromatic heterocycles. The number of hydrogen-bond donors (Lipinski definition) is 0. The summed E-state index contributed by atoms with van der Waals surface area (Å²) >= 11 is 15.5. The van der Waals surface area contributed by atoms with Crippen molar-refractivity contribution >= 4 is 39.1 Å². The number of rotatable bonds is 1. The lowest BCUT2D eigenvalue weighted by Crippen LogP contribution is -1.88. The first-order chi connectivity index (χ1) is 5.57. The van der Waals surface area contributed by atoms with Gasteiger partial charge in [-0.25, -0.2) is 0 Å². The van der Waals surface area contributed by atoms with Gasteiger partial charge in [0.1, 0.15) is 0 Å². The predicted molar refractivity (Wildman–Crippen MR) is 58.3 cm³/mol. The minimum absolute atomic E-state index is 0.736. The third kappa shape index (κ3) is 1.78. The van der Waals surface area contributed by atoms with Gasteiger partial charge in [0.05, 0.1) is 0 Å². The van der Waals surface area contributed by atoms with Crippen molar-refractivity contribution in [2.45, 2.75) is 20.3 Å². The van der Waals surface area contributed by atoms with Gasteiger partial charge in [-0.2, -0.15) is 0 Å². The molecular weight excluding hydrogens is 259 g/mol. The molecule has 0 fully saturated rings. The fourth-order valence-corrected chi connectivity index (χ4v) is 2.46. The summed E-state index contributed by atoms with van der Waals surface area (Å²) in [7, 11) is 0. The van der Waals surface area contributed by atoms with Crippen LogP contribution in [0.3, 0.4) is 0 Å². The Hall–Kier alpha value is 0.280. The quantitative estimate of drug-likeness (QED) is 0.696. The van der Waals surface area contributed by atoms with Crippen LogP contribution in [0.2, 0.25) is 10.0 Å². The van der Waals surface area contributed by atoms with Crippen LogP contribution in [0, 0.1) is 6.92 Å². The Balaban J connectivity index is 3.40. The SMILES string of the molecule is CCc1c(Cl)cc(Br)c(C)c1Cl. The average Bonchev–Trinajstić information content (AvgIpc) is 2.01. The summed E-state index contributed by atoms with van der Waals surface area (Å²) in [4.78, 5) is 0. The topological polar surface area (TPSA) is 0 Å². The molecule has 0 radical (unpaired) electrons. The molecule has 0 saturated heterocycles. The molecule has 0 bridgehead atoms. The van der Waals surface area contributed by atoms with Gasteiger partial charge in [0.2, 0.25) is 0 Å². The van der Waals surface area contributed by atoms with Gasteiger partial charge in [-0.05, 0) is 30.5 Å². The maximum absolute atomic E-state index is 6.09. The van der Waals surface area contributed by atoms with Crippen LogP contribution in [0.25, 0.3) is 0 Å². The van der Waals surface area contributed by atoms with Crippen molar-refractivity contribution < 1.29 is 0 Å². The molecule has 1 aromatic carbocycles. The number of benzene rings is 1. The second-order valence-corrected chi connectivity index (χ2v) is 4.25. The minimum Gasteiger partial charge on any atom is -0.0839 e. The lowest BCUT2D eigenvalue weighted by Gasteiger charge is -2.08. The lowest BCUT2D eigenvalue weighted by molar-refractivity contribution is 1.13. The van der Waals surface area contributed by atoms with E-state index in [0.29, 0.717) is 0 Å². The van der Waals surface area contributed by atoms with E-state index in [1.807, 2.05) is 19.9 Å². The molecule has 1 rings (SSSR count). The summed E-state index contributed by atoms with van der Waals surface area (Å²) in [6.45, 7) is 4.02. The molecule has 3 heteroatoms. The molecule has 0 heterocycles. The fourth-order valence-electron chi connectivity index (χ4n) is 1.07. The van der Waals surface area contributed by atoms with Crippen LogP contribution in [-0.4, -0.2) is 0 Å². The van der Waals surface area contributed by atoms with Crippen molar-refractivity contribution in [1.82, 2.24) is 0 Å². The summed E-state index contributed by atoms with van der Waals surface area (Å²) < 4.78 is 0.967. The van der Waals surface area contributed by atoms with Gasteiger partial charge in [0.25, 0.3) is 0 Å². The minimum atomic E-state index is 0.736. The highest BCUT2D eigenvalue weighted by Gasteiger charge is 2.09. The molecule has 0 atom stereocenters. The van der Waals surface area contributed by atoms with Crippen molar-refractivity contribution in [2.24, 2.45) is 0 Å². The van der Waals surface area contributed by atoms with Gasteiger partial charge in [-0.15, -0.1) is 0 Å². The lowest BCUT2D eigenvalue weighted by atomic mass is 10.1. The van der Waals surface area contributed by atoms with Crippen LogP contribution in [0.4, 0.5) is 0 Å². The van der Waals surface area contributed by atoms with Gasteiger partial charge in [0, 0.05) is 14.5 Å². The third-order valence-electron chi connectivity index (χ3n) is 1.85. The zero-order valence-corrected chi connectivity index (χ0v) is 10.0. The Morgan fingerprint density at radius 1 is 1.42 bits per heavy atom. The molecule has 0 saturated carbocycles. The standard InChI is InChI=1S/C9H9BrCl2/c1-3-6-8(11)4-7(10)5(2)9(6)12/h4H,3H2,1-2H3. The first-order valence-corrected chi connectivity index (χ1v) is 5.25. The smallest absolute Gasteiger partial charge is 0.0493 e. The maximum atomic E-state index is 6.09. The van der Waals surface area contributed by atoms with Crippen LogP contribution in [0.5, 0.6) is 0 Å². The fraction of sp³-hybridized carbons (Fsp3) is 0.333. The van der Waals surface area contributed by atoms with Gasteiger partial charge < -0.3 is 0 Å². The van der Waals surface area contributed by atoms with Crippen molar-refractivity contribution in [3.05, 3.63) is 31.7 Å². The van der Waals surface area contributed by atoms with Gasteiger partial charge in [0.15, 0.2) is 0 Å². The molecule has 0 spiro atoms. The van der Waals surface area contributed by atoms with Crippen LogP contribution in [-0.2, 0) is 6.42 Å². The zero-order chi connectivity index (χ0) is 9.30. The predicted octanol–water partition coefficient (Wildman–Crippen LogP) is 4.63. The average molecular weight is 268 g/mol. The van der Waals surface area contributed by atoms with E-state index in [9.17, 15) is 0 Å². The number of hydrogen-bond acceptors (Lipinski definition) is 0. The maximum Gasteiger partial charge on any atom is 0.0493 e. The van der Waals surface area contributed by atoms with E-state index in [1.54, 1.807) is 0 Å². The molecule has 1 aromatic rings. The highest BCUT2D eigenvalue weighted by atomic mass is 79.9. The summed E-state index contributed by atoms with van der Waals surface area (Å²) in [5.41, 5.74) is 2.08. The first kappa shape index (κ1) is 10.4. The molecular formula is C9H9BrCl2. The second kappa shape index (κ2) is 3.99. The van der Waals surface area contributed by atoms with Crippen molar-refractivity contribution in [3.8, 4) is 0 Å². The van der Waals surface area contributed by atoms with E-state index in [4.69, 9.17) is 23.2 Å². The van der Waals surface area contributed by atoms with E-state index >= 15 is 0 Å². The summed E-state index contributed by atoms with van der Waals surface area (Å²) in [5, 5.41) is 1.51. The zero-order valence-electron chi connectivity index (χ0n) is 6.92. The summed E-state index contributed by atoms with van der Waals surface area (Å²) in [6.07, 6.45) is 0.867. The summed E-state index contributed by atoms with van der Waals surface area (Å²) in [6, 6.07) is 1.89. The second-order valence-electron chi connectivity index (χ2n) is 2.61. The highest BCUT2D eigenvalue weighted by Crippen LogP contribution is 2.33. The van der Waals surface area contributed by atoms with Gasteiger partial charge in [-0.3, -0.25) is 0 Å². The van der Waals surface area contributed by atoms with Crippen LogP contribution >= 0.6 is 39.1 Å². The van der Waals surface area contributed by atoms with Crippen molar-refractivity contribution in [2.75, 3.05) is 0 Å². The van der Waals surface area contributed by atoms with Crippen LogP contribution in [0.15, 0.2) is 10.5 Å². The summed E-state index contributed by atoms with van der Waals surface area (Å²) in [5.74, 6) is 0. The molecule has 0 aliphatic carbocycles. The third-order valence-corrected chi connectivity index (χ3v) is 3.52. The molecule has 0 aliphatic heterocycles. The normalized spacial score (nSPS) is 10.4. The van der Waals surface area contributed by atoms with E-state index in [1.165, 1.54) is 0 Å². The van der Waals surface area contributed by atoms with E-state index in [-0.39, 0.29) is 0 Å². The van der Waals surface area contributed by atoms with E-state index < -0.39 is 0 Å².